The lowest BCUT2D eigenvalue weighted by Gasteiger charge is -2.14. The van der Waals surface area contributed by atoms with Gasteiger partial charge < -0.3 is 0 Å². The van der Waals surface area contributed by atoms with Crippen LogP contribution in [0.2, 0.25) is 0 Å². The number of allylic oxidation sites excluding steroid dienone is 4. The van der Waals surface area contributed by atoms with Crippen molar-refractivity contribution < 1.29 is 0 Å². The maximum Gasteiger partial charge on any atom is -0.0279 e. The molecular weight excluding hydrogens is 132 g/mol. The van der Waals surface area contributed by atoms with Crippen LogP contribution >= 0.6 is 0 Å². The van der Waals surface area contributed by atoms with Crippen LogP contribution in [-0.2, 0) is 0 Å². The molecule has 0 fully saturated rings. The van der Waals surface area contributed by atoms with Crippen molar-refractivity contribution in [2.75, 3.05) is 0 Å². The van der Waals surface area contributed by atoms with Gasteiger partial charge in [-0.2, -0.15) is 0 Å². The van der Waals surface area contributed by atoms with E-state index in [0.717, 1.165) is 0 Å². The van der Waals surface area contributed by atoms with Gasteiger partial charge in [0.1, 0.15) is 0 Å². The predicted molar refractivity (Wildman–Crippen MR) is 50.6 cm³/mol. The molecule has 1 aliphatic carbocycles. The van der Waals surface area contributed by atoms with Gasteiger partial charge in [-0.15, -0.1) is 0 Å². The predicted octanol–water partition coefficient (Wildman–Crippen LogP) is 3.84. The van der Waals surface area contributed by atoms with Crippen molar-refractivity contribution in [1.82, 2.24) is 0 Å². The molecule has 0 saturated carbocycles. The average molecular weight is 150 g/mol. The zero-order valence-electron chi connectivity index (χ0n) is 7.91. The molecule has 0 aromatic heterocycles. The molecule has 0 radical (unpaired) electrons. The summed E-state index contributed by atoms with van der Waals surface area (Å²) in [5.41, 5.74) is 4.58. The van der Waals surface area contributed by atoms with Crippen molar-refractivity contribution >= 4 is 0 Å². The van der Waals surface area contributed by atoms with Crippen molar-refractivity contribution in [2.45, 2.75) is 46.5 Å². The molecule has 0 heterocycles. The second kappa shape index (κ2) is 3.75. The third-order valence-corrected chi connectivity index (χ3v) is 2.52. The summed E-state index contributed by atoms with van der Waals surface area (Å²) < 4.78 is 0. The smallest absolute Gasteiger partial charge is 0.0279 e. The second-order valence-electron chi connectivity index (χ2n) is 3.60. The van der Waals surface area contributed by atoms with Crippen LogP contribution in [0.4, 0.5) is 0 Å². The molecule has 1 rings (SSSR count). The fourth-order valence-corrected chi connectivity index (χ4v) is 1.50. The van der Waals surface area contributed by atoms with E-state index in [1.54, 1.807) is 5.57 Å². The Hall–Kier alpha value is -0.520. The summed E-state index contributed by atoms with van der Waals surface area (Å²) in [6.45, 7) is 6.64. The standard InChI is InChI=1S/C11H18/c1-9(2)10(3)11-7-5-4-6-8-11/h7H,4-6,8H2,1-3H3. The first-order valence-electron chi connectivity index (χ1n) is 4.55. The fraction of sp³-hybridized carbons (Fsp3) is 0.636. The topological polar surface area (TPSA) is 0 Å². The normalized spacial score (nSPS) is 17.5. The Morgan fingerprint density at radius 1 is 1.18 bits per heavy atom. The van der Waals surface area contributed by atoms with Crippen LogP contribution in [0.1, 0.15) is 46.5 Å². The highest BCUT2D eigenvalue weighted by atomic mass is 14.1. The first-order chi connectivity index (χ1) is 5.22. The molecule has 0 saturated heterocycles. The van der Waals surface area contributed by atoms with E-state index in [9.17, 15) is 0 Å². The van der Waals surface area contributed by atoms with E-state index in [0.29, 0.717) is 0 Å². The van der Waals surface area contributed by atoms with Gasteiger partial charge in [0.15, 0.2) is 0 Å². The van der Waals surface area contributed by atoms with Crippen molar-refractivity contribution in [3.8, 4) is 0 Å². The maximum atomic E-state index is 2.41. The summed E-state index contributed by atoms with van der Waals surface area (Å²) in [6, 6.07) is 0. The van der Waals surface area contributed by atoms with Gasteiger partial charge >= 0.3 is 0 Å². The van der Waals surface area contributed by atoms with E-state index in [2.05, 4.69) is 26.8 Å². The molecule has 62 valence electrons. The Balaban J connectivity index is 2.74. The quantitative estimate of drug-likeness (QED) is 0.532. The molecule has 0 bridgehead atoms. The first kappa shape index (κ1) is 8.58. The van der Waals surface area contributed by atoms with E-state index in [4.69, 9.17) is 0 Å². The maximum absolute atomic E-state index is 2.41. The van der Waals surface area contributed by atoms with Crippen molar-refractivity contribution in [2.24, 2.45) is 0 Å². The molecule has 0 N–H and O–H groups in total. The lowest BCUT2D eigenvalue weighted by Crippen LogP contribution is -1.94. The summed E-state index contributed by atoms with van der Waals surface area (Å²) in [4.78, 5) is 0. The van der Waals surface area contributed by atoms with Crippen molar-refractivity contribution in [1.29, 1.82) is 0 Å². The van der Waals surface area contributed by atoms with Crippen LogP contribution in [0.5, 0.6) is 0 Å². The molecule has 0 aromatic rings. The Bertz CT molecular complexity index is 190. The molecule has 0 nitrogen and oxygen atoms in total. The summed E-state index contributed by atoms with van der Waals surface area (Å²) in [6.07, 6.45) is 7.78. The monoisotopic (exact) mass is 150 g/mol. The van der Waals surface area contributed by atoms with Gasteiger partial charge in [0, 0.05) is 0 Å². The summed E-state index contributed by atoms with van der Waals surface area (Å²) >= 11 is 0. The number of rotatable bonds is 1. The molecule has 1 aliphatic rings. The van der Waals surface area contributed by atoms with Crippen LogP contribution in [0, 0.1) is 0 Å². The second-order valence-corrected chi connectivity index (χ2v) is 3.60. The third kappa shape index (κ3) is 2.21. The lowest BCUT2D eigenvalue weighted by molar-refractivity contribution is 0.704. The van der Waals surface area contributed by atoms with E-state index in [1.165, 1.54) is 36.8 Å². The molecule has 11 heavy (non-hydrogen) atoms. The highest BCUT2D eigenvalue weighted by Crippen LogP contribution is 2.25. The van der Waals surface area contributed by atoms with Gasteiger partial charge in [-0.05, 0) is 57.6 Å². The highest BCUT2D eigenvalue weighted by Gasteiger charge is 2.05. The Morgan fingerprint density at radius 2 is 1.91 bits per heavy atom. The van der Waals surface area contributed by atoms with E-state index in [1.807, 2.05) is 0 Å². The van der Waals surface area contributed by atoms with E-state index in [-0.39, 0.29) is 0 Å². The summed E-state index contributed by atoms with van der Waals surface area (Å²) in [7, 11) is 0. The average Bonchev–Trinajstić information content (AvgIpc) is 2.05. The largest absolute Gasteiger partial charge is 0.0811 e. The van der Waals surface area contributed by atoms with E-state index < -0.39 is 0 Å². The minimum Gasteiger partial charge on any atom is -0.0811 e. The molecule has 0 amide bonds. The highest BCUT2D eigenvalue weighted by molar-refractivity contribution is 5.32. The zero-order chi connectivity index (χ0) is 8.27. The van der Waals surface area contributed by atoms with Gasteiger partial charge in [-0.25, -0.2) is 0 Å². The Morgan fingerprint density at radius 3 is 2.36 bits per heavy atom. The Kier molecular flexibility index (Phi) is 2.92. The SMILES string of the molecule is CC(C)=C(C)C1=CCCCC1. The lowest BCUT2D eigenvalue weighted by atomic mass is 9.92. The molecule has 0 unspecified atom stereocenters. The minimum atomic E-state index is 1.29. The van der Waals surface area contributed by atoms with Crippen LogP contribution in [0.3, 0.4) is 0 Å². The first-order valence-corrected chi connectivity index (χ1v) is 4.55. The Labute approximate surface area is 70.0 Å². The number of hydrogen-bond donors (Lipinski definition) is 0. The number of hydrogen-bond acceptors (Lipinski definition) is 0. The van der Waals surface area contributed by atoms with Crippen LogP contribution in [0.25, 0.3) is 0 Å². The minimum absolute atomic E-state index is 1.29. The van der Waals surface area contributed by atoms with Gasteiger partial charge in [0.2, 0.25) is 0 Å². The third-order valence-electron chi connectivity index (χ3n) is 2.52. The molecule has 0 heteroatoms. The van der Waals surface area contributed by atoms with Gasteiger partial charge in [0.05, 0.1) is 0 Å². The van der Waals surface area contributed by atoms with Crippen LogP contribution in [-0.4, -0.2) is 0 Å². The van der Waals surface area contributed by atoms with Crippen LogP contribution in [0.15, 0.2) is 22.8 Å². The molecular formula is C11H18. The molecule has 0 spiro atoms. The molecule has 0 atom stereocenters. The zero-order valence-corrected chi connectivity index (χ0v) is 7.91. The van der Waals surface area contributed by atoms with Crippen molar-refractivity contribution in [3.05, 3.63) is 22.8 Å². The molecule has 0 aliphatic heterocycles. The van der Waals surface area contributed by atoms with Gasteiger partial charge in [-0.1, -0.05) is 11.6 Å². The summed E-state index contributed by atoms with van der Waals surface area (Å²) in [5.74, 6) is 0. The van der Waals surface area contributed by atoms with Crippen LogP contribution < -0.4 is 0 Å². The van der Waals surface area contributed by atoms with Gasteiger partial charge in [0.25, 0.3) is 0 Å². The van der Waals surface area contributed by atoms with Crippen molar-refractivity contribution in [3.63, 3.8) is 0 Å². The molecule has 0 aromatic carbocycles. The van der Waals surface area contributed by atoms with Gasteiger partial charge in [-0.3, -0.25) is 0 Å². The fourth-order valence-electron chi connectivity index (χ4n) is 1.50. The van der Waals surface area contributed by atoms with E-state index >= 15 is 0 Å². The summed E-state index contributed by atoms with van der Waals surface area (Å²) in [5, 5.41) is 0.